The number of methoxy groups -OCH3 is 1. The number of aromatic nitrogens is 2. The molecule has 1 aliphatic rings. The summed E-state index contributed by atoms with van der Waals surface area (Å²) in [6, 6.07) is 0. The zero-order chi connectivity index (χ0) is 13.8. The molecule has 1 aromatic rings. The lowest BCUT2D eigenvalue weighted by Crippen LogP contribution is -2.37. The molecule has 2 rings (SSSR count). The van der Waals surface area contributed by atoms with Crippen LogP contribution in [0.4, 0.5) is 11.8 Å². The molecule has 0 saturated carbocycles. The van der Waals surface area contributed by atoms with Gasteiger partial charge in [-0.3, -0.25) is 0 Å². The van der Waals surface area contributed by atoms with Gasteiger partial charge in [-0.25, -0.2) is 4.98 Å². The number of rotatable bonds is 4. The van der Waals surface area contributed by atoms with Crippen LogP contribution < -0.4 is 10.6 Å². The van der Waals surface area contributed by atoms with E-state index in [1.165, 1.54) is 12.8 Å². The number of ether oxygens (including phenoxy) is 1. The highest BCUT2D eigenvalue weighted by Gasteiger charge is 2.25. The normalized spacial score (nSPS) is 18.6. The standard InChI is InChI=1S/C14H24N4O/c1-10-8-16-14(15)17-13(10)18-6-4-12(5-7-18)11(2)9-19-3/h8,11-12H,4-7,9H2,1-3H3,(H2,15,16,17)/t11-/m1/s1. The zero-order valence-electron chi connectivity index (χ0n) is 12.1. The fourth-order valence-corrected chi connectivity index (χ4v) is 2.85. The van der Waals surface area contributed by atoms with E-state index in [2.05, 4.69) is 21.8 Å². The molecule has 0 aromatic carbocycles. The van der Waals surface area contributed by atoms with Gasteiger partial charge in [-0.05, 0) is 31.6 Å². The molecule has 106 valence electrons. The Hall–Kier alpha value is -1.36. The Morgan fingerprint density at radius 3 is 2.79 bits per heavy atom. The van der Waals surface area contributed by atoms with Crippen molar-refractivity contribution in [2.75, 3.05) is 37.4 Å². The van der Waals surface area contributed by atoms with E-state index in [1.54, 1.807) is 13.3 Å². The molecule has 0 radical (unpaired) electrons. The van der Waals surface area contributed by atoms with Crippen LogP contribution in [-0.2, 0) is 4.74 Å². The molecule has 0 spiro atoms. The van der Waals surface area contributed by atoms with E-state index < -0.39 is 0 Å². The van der Waals surface area contributed by atoms with Gasteiger partial charge in [0, 0.05) is 38.6 Å². The number of piperidine rings is 1. The first-order chi connectivity index (χ1) is 9.11. The fourth-order valence-electron chi connectivity index (χ4n) is 2.85. The first kappa shape index (κ1) is 14.1. The van der Waals surface area contributed by atoms with Gasteiger partial charge in [0.15, 0.2) is 0 Å². The van der Waals surface area contributed by atoms with Crippen LogP contribution in [0, 0.1) is 18.8 Å². The summed E-state index contributed by atoms with van der Waals surface area (Å²) in [6.45, 7) is 7.24. The van der Waals surface area contributed by atoms with Crippen LogP contribution in [0.5, 0.6) is 0 Å². The number of nitrogens with zero attached hydrogens (tertiary/aromatic N) is 3. The number of nitrogen functional groups attached to an aromatic ring is 1. The number of hydrogen-bond acceptors (Lipinski definition) is 5. The minimum absolute atomic E-state index is 0.357. The van der Waals surface area contributed by atoms with E-state index in [0.717, 1.165) is 37.0 Å². The molecule has 0 aliphatic carbocycles. The maximum atomic E-state index is 5.68. The summed E-state index contributed by atoms with van der Waals surface area (Å²) >= 11 is 0. The Bertz CT molecular complexity index is 416. The molecule has 2 heterocycles. The van der Waals surface area contributed by atoms with Crippen molar-refractivity contribution in [2.24, 2.45) is 11.8 Å². The van der Waals surface area contributed by atoms with E-state index in [-0.39, 0.29) is 0 Å². The highest BCUT2D eigenvalue weighted by Crippen LogP contribution is 2.28. The second-order valence-corrected chi connectivity index (χ2v) is 5.49. The Labute approximate surface area is 115 Å². The van der Waals surface area contributed by atoms with E-state index in [0.29, 0.717) is 11.9 Å². The molecule has 1 saturated heterocycles. The van der Waals surface area contributed by atoms with Gasteiger partial charge in [0.05, 0.1) is 0 Å². The quantitative estimate of drug-likeness (QED) is 0.899. The largest absolute Gasteiger partial charge is 0.384 e. The molecule has 1 aromatic heterocycles. The minimum Gasteiger partial charge on any atom is -0.384 e. The van der Waals surface area contributed by atoms with E-state index in [9.17, 15) is 0 Å². The van der Waals surface area contributed by atoms with Crippen molar-refractivity contribution in [2.45, 2.75) is 26.7 Å². The zero-order valence-corrected chi connectivity index (χ0v) is 12.1. The number of hydrogen-bond donors (Lipinski definition) is 1. The summed E-state index contributed by atoms with van der Waals surface area (Å²) in [5.74, 6) is 2.72. The van der Waals surface area contributed by atoms with Crippen molar-refractivity contribution in [1.29, 1.82) is 0 Å². The van der Waals surface area contributed by atoms with Gasteiger partial charge < -0.3 is 15.4 Å². The maximum absolute atomic E-state index is 5.68. The fraction of sp³-hybridized carbons (Fsp3) is 0.714. The second kappa shape index (κ2) is 6.19. The van der Waals surface area contributed by atoms with Crippen LogP contribution in [0.3, 0.4) is 0 Å². The van der Waals surface area contributed by atoms with Gasteiger partial charge >= 0.3 is 0 Å². The molecule has 5 nitrogen and oxygen atoms in total. The smallest absolute Gasteiger partial charge is 0.221 e. The minimum atomic E-state index is 0.357. The van der Waals surface area contributed by atoms with Crippen molar-refractivity contribution < 1.29 is 4.74 Å². The third-order valence-electron chi connectivity index (χ3n) is 4.04. The average molecular weight is 264 g/mol. The predicted octanol–water partition coefficient (Wildman–Crippen LogP) is 1.87. The summed E-state index contributed by atoms with van der Waals surface area (Å²) < 4.78 is 5.25. The topological polar surface area (TPSA) is 64.3 Å². The lowest BCUT2D eigenvalue weighted by molar-refractivity contribution is 0.120. The van der Waals surface area contributed by atoms with E-state index in [1.807, 2.05) is 6.92 Å². The molecule has 0 unspecified atom stereocenters. The van der Waals surface area contributed by atoms with Crippen LogP contribution in [0.25, 0.3) is 0 Å². The third-order valence-corrected chi connectivity index (χ3v) is 4.04. The predicted molar refractivity (Wildman–Crippen MR) is 77.2 cm³/mol. The van der Waals surface area contributed by atoms with Crippen molar-refractivity contribution in [3.8, 4) is 0 Å². The van der Waals surface area contributed by atoms with Crippen molar-refractivity contribution >= 4 is 11.8 Å². The van der Waals surface area contributed by atoms with Crippen molar-refractivity contribution in [1.82, 2.24) is 9.97 Å². The summed E-state index contributed by atoms with van der Waals surface area (Å²) in [4.78, 5) is 10.7. The Morgan fingerprint density at radius 2 is 2.16 bits per heavy atom. The van der Waals surface area contributed by atoms with Crippen LogP contribution in [0.1, 0.15) is 25.3 Å². The highest BCUT2D eigenvalue weighted by atomic mass is 16.5. The van der Waals surface area contributed by atoms with Crippen LogP contribution >= 0.6 is 0 Å². The van der Waals surface area contributed by atoms with Crippen LogP contribution in [-0.4, -0.2) is 36.8 Å². The van der Waals surface area contributed by atoms with Crippen molar-refractivity contribution in [3.63, 3.8) is 0 Å². The molecule has 19 heavy (non-hydrogen) atoms. The van der Waals surface area contributed by atoms with Gasteiger partial charge in [0.25, 0.3) is 0 Å². The SMILES string of the molecule is COC[C@@H](C)C1CCN(c2nc(N)ncc2C)CC1. The summed E-state index contributed by atoms with van der Waals surface area (Å²) in [5, 5.41) is 0. The maximum Gasteiger partial charge on any atom is 0.221 e. The first-order valence-electron chi connectivity index (χ1n) is 6.94. The third kappa shape index (κ3) is 3.35. The molecular formula is C14H24N4O. The second-order valence-electron chi connectivity index (χ2n) is 5.49. The molecular weight excluding hydrogens is 240 g/mol. The Kier molecular flexibility index (Phi) is 4.58. The lowest BCUT2D eigenvalue weighted by atomic mass is 9.86. The number of nitrogens with two attached hydrogens (primary N) is 1. The molecule has 1 atom stereocenters. The highest BCUT2D eigenvalue weighted by molar-refractivity contribution is 5.48. The molecule has 0 bridgehead atoms. The molecule has 5 heteroatoms. The monoisotopic (exact) mass is 264 g/mol. The average Bonchev–Trinajstić information content (AvgIpc) is 2.42. The molecule has 1 fully saturated rings. The Morgan fingerprint density at radius 1 is 1.47 bits per heavy atom. The van der Waals surface area contributed by atoms with Gasteiger partial charge in [-0.1, -0.05) is 6.92 Å². The van der Waals surface area contributed by atoms with Gasteiger partial charge in [-0.2, -0.15) is 4.98 Å². The first-order valence-corrected chi connectivity index (χ1v) is 6.94. The number of anilines is 2. The Balaban J connectivity index is 1.98. The number of aryl methyl sites for hydroxylation is 1. The molecule has 0 amide bonds. The van der Waals surface area contributed by atoms with E-state index in [4.69, 9.17) is 10.5 Å². The lowest BCUT2D eigenvalue weighted by Gasteiger charge is -2.35. The summed E-state index contributed by atoms with van der Waals surface area (Å²) in [6.07, 6.45) is 4.18. The van der Waals surface area contributed by atoms with E-state index >= 15 is 0 Å². The molecule has 2 N–H and O–H groups in total. The van der Waals surface area contributed by atoms with Crippen LogP contribution in [0.15, 0.2) is 6.20 Å². The van der Waals surface area contributed by atoms with Crippen LogP contribution in [0.2, 0.25) is 0 Å². The van der Waals surface area contributed by atoms with Gasteiger partial charge in [0.2, 0.25) is 5.95 Å². The van der Waals surface area contributed by atoms with Gasteiger partial charge in [-0.15, -0.1) is 0 Å². The van der Waals surface area contributed by atoms with Gasteiger partial charge in [0.1, 0.15) is 5.82 Å². The summed E-state index contributed by atoms with van der Waals surface area (Å²) in [7, 11) is 1.78. The molecule has 1 aliphatic heterocycles. The summed E-state index contributed by atoms with van der Waals surface area (Å²) in [5.41, 5.74) is 6.78. The van der Waals surface area contributed by atoms with Crippen molar-refractivity contribution in [3.05, 3.63) is 11.8 Å².